The Hall–Kier alpha value is -3.30. The van der Waals surface area contributed by atoms with Crippen LogP contribution in [-0.4, -0.2) is 62.7 Å². The minimum Gasteiger partial charge on any atom is -0.444 e. The normalized spacial score (nSPS) is 25.1. The molecule has 10 nitrogen and oxygen atoms in total. The molecule has 34 heavy (non-hydrogen) atoms. The highest BCUT2D eigenvalue weighted by molar-refractivity contribution is 6.00. The minimum atomic E-state index is -0.718. The first-order valence-electron chi connectivity index (χ1n) is 11.8. The summed E-state index contributed by atoms with van der Waals surface area (Å²) in [5, 5.41) is 2.36. The summed E-state index contributed by atoms with van der Waals surface area (Å²) in [5.41, 5.74) is 1.54. The third-order valence-electron chi connectivity index (χ3n) is 7.02. The minimum absolute atomic E-state index is 0.117. The molecule has 0 radical (unpaired) electrons. The lowest BCUT2D eigenvalue weighted by Crippen LogP contribution is -2.56. The van der Waals surface area contributed by atoms with Crippen molar-refractivity contribution in [3.63, 3.8) is 0 Å². The van der Waals surface area contributed by atoms with Gasteiger partial charge in [0.2, 0.25) is 11.8 Å². The molecule has 1 aromatic heterocycles. The van der Waals surface area contributed by atoms with Crippen LogP contribution in [0.4, 0.5) is 10.5 Å². The summed E-state index contributed by atoms with van der Waals surface area (Å²) in [4.78, 5) is 54.3. The van der Waals surface area contributed by atoms with Gasteiger partial charge in [-0.05, 0) is 52.2 Å². The van der Waals surface area contributed by atoms with Gasteiger partial charge in [-0.1, -0.05) is 6.07 Å². The molecule has 182 valence electrons. The lowest BCUT2D eigenvalue weighted by atomic mass is 10.1. The summed E-state index contributed by atoms with van der Waals surface area (Å²) in [6.45, 7) is 6.71. The van der Waals surface area contributed by atoms with Crippen LogP contribution in [0.2, 0.25) is 0 Å². The Morgan fingerprint density at radius 1 is 1.06 bits per heavy atom. The third kappa shape index (κ3) is 3.65. The van der Waals surface area contributed by atoms with E-state index in [0.29, 0.717) is 25.0 Å². The second-order valence-corrected chi connectivity index (χ2v) is 10.5. The quantitative estimate of drug-likeness (QED) is 0.674. The highest BCUT2D eigenvalue weighted by atomic mass is 16.6. The second-order valence-electron chi connectivity index (χ2n) is 10.5. The van der Waals surface area contributed by atoms with Crippen molar-refractivity contribution in [2.75, 3.05) is 18.0 Å². The van der Waals surface area contributed by atoms with Crippen molar-refractivity contribution in [2.45, 2.75) is 70.2 Å². The Morgan fingerprint density at radius 3 is 2.35 bits per heavy atom. The van der Waals surface area contributed by atoms with E-state index in [1.54, 1.807) is 16.5 Å². The number of aromatic nitrogens is 2. The molecular formula is C24H31N5O5. The van der Waals surface area contributed by atoms with Crippen LogP contribution >= 0.6 is 0 Å². The van der Waals surface area contributed by atoms with Gasteiger partial charge in [0.25, 0.3) is 0 Å². The maximum absolute atomic E-state index is 13.3. The van der Waals surface area contributed by atoms with Crippen molar-refractivity contribution in [1.29, 1.82) is 0 Å². The Morgan fingerprint density at radius 2 is 1.74 bits per heavy atom. The number of piperazine rings is 1. The first kappa shape index (κ1) is 22.5. The van der Waals surface area contributed by atoms with Crippen molar-refractivity contribution in [1.82, 2.24) is 19.4 Å². The lowest BCUT2D eigenvalue weighted by Gasteiger charge is -2.42. The number of imidazole rings is 1. The molecule has 3 atom stereocenters. The molecule has 3 saturated heterocycles. The molecule has 1 N–H and O–H groups in total. The van der Waals surface area contributed by atoms with Crippen LogP contribution in [-0.2, 0) is 21.4 Å². The molecule has 1 aromatic carbocycles. The highest BCUT2D eigenvalue weighted by Crippen LogP contribution is 2.39. The summed E-state index contributed by atoms with van der Waals surface area (Å²) in [6.07, 6.45) is 2.10. The molecule has 10 heteroatoms. The first-order chi connectivity index (χ1) is 16.0. The van der Waals surface area contributed by atoms with Crippen LogP contribution in [0.1, 0.15) is 52.5 Å². The number of nitrogens with one attached hydrogen (secondary N) is 1. The van der Waals surface area contributed by atoms with E-state index < -0.39 is 17.6 Å². The van der Waals surface area contributed by atoms with Crippen LogP contribution in [0.5, 0.6) is 0 Å². The molecule has 3 aliphatic rings. The van der Waals surface area contributed by atoms with E-state index in [9.17, 15) is 19.2 Å². The fourth-order valence-electron chi connectivity index (χ4n) is 5.63. The predicted molar refractivity (Wildman–Crippen MR) is 126 cm³/mol. The van der Waals surface area contributed by atoms with Gasteiger partial charge in [-0.25, -0.2) is 9.59 Å². The molecular weight excluding hydrogens is 438 g/mol. The smallest absolute Gasteiger partial charge is 0.410 e. The average Bonchev–Trinajstić information content (AvgIpc) is 3.16. The van der Waals surface area contributed by atoms with E-state index in [2.05, 4.69) is 10.2 Å². The number of rotatable bonds is 2. The Bertz CT molecular complexity index is 1220. The number of amides is 3. The van der Waals surface area contributed by atoms with E-state index >= 15 is 0 Å². The molecule has 4 heterocycles. The molecule has 3 aliphatic heterocycles. The van der Waals surface area contributed by atoms with Gasteiger partial charge in [0.05, 0.1) is 16.7 Å². The number of nitrogens with zero attached hydrogens (tertiary/aromatic N) is 4. The molecule has 0 saturated carbocycles. The topological polar surface area (TPSA) is 106 Å². The summed E-state index contributed by atoms with van der Waals surface area (Å²) in [7, 11) is 1.72. The molecule has 0 aliphatic carbocycles. The zero-order valence-electron chi connectivity index (χ0n) is 20.0. The second kappa shape index (κ2) is 7.89. The van der Waals surface area contributed by atoms with Crippen molar-refractivity contribution in [3.8, 4) is 0 Å². The lowest BCUT2D eigenvalue weighted by molar-refractivity contribution is -0.135. The van der Waals surface area contributed by atoms with Crippen molar-refractivity contribution >= 4 is 34.6 Å². The number of anilines is 1. The van der Waals surface area contributed by atoms with Gasteiger partial charge in [0.1, 0.15) is 11.6 Å². The number of para-hydroxylation sites is 1. The van der Waals surface area contributed by atoms with Gasteiger partial charge in [-0.3, -0.25) is 24.0 Å². The Labute approximate surface area is 197 Å². The van der Waals surface area contributed by atoms with Gasteiger partial charge in [0, 0.05) is 38.6 Å². The van der Waals surface area contributed by atoms with Crippen LogP contribution in [0.3, 0.4) is 0 Å². The van der Waals surface area contributed by atoms with Crippen molar-refractivity contribution < 1.29 is 19.1 Å². The maximum Gasteiger partial charge on any atom is 0.410 e. The number of piperidine rings is 1. The fourth-order valence-corrected chi connectivity index (χ4v) is 5.63. The number of imide groups is 1. The largest absolute Gasteiger partial charge is 0.444 e. The van der Waals surface area contributed by atoms with E-state index in [1.165, 1.54) is 4.57 Å². The van der Waals surface area contributed by atoms with Gasteiger partial charge < -0.3 is 14.5 Å². The van der Waals surface area contributed by atoms with Gasteiger partial charge in [0.15, 0.2) is 0 Å². The summed E-state index contributed by atoms with van der Waals surface area (Å²) in [5.74, 6) is -0.753. The molecule has 2 bridgehead atoms. The van der Waals surface area contributed by atoms with E-state index in [1.807, 2.05) is 39.0 Å². The fraction of sp³-hybridized carbons (Fsp3) is 0.583. The number of likely N-dealkylation sites (tertiary alicyclic amines) is 1. The standard InChI is InChI=1S/C24H31N5O5/c1-24(2,3)34-23(33)27-12-14-8-9-15(13-27)28(14)16-6-5-7-17-20(16)26(4)22(32)29(17)18-10-11-19(30)25-21(18)31/h5-7,14-15,18H,8-13H2,1-4H3,(H,25,30,31)/t14-,15+,18?. The summed E-state index contributed by atoms with van der Waals surface area (Å²) < 4.78 is 8.70. The van der Waals surface area contributed by atoms with Crippen molar-refractivity contribution in [2.24, 2.45) is 7.05 Å². The molecule has 3 fully saturated rings. The van der Waals surface area contributed by atoms with Crippen LogP contribution in [0, 0.1) is 0 Å². The van der Waals surface area contributed by atoms with E-state index in [0.717, 1.165) is 24.0 Å². The summed E-state index contributed by atoms with van der Waals surface area (Å²) >= 11 is 0. The maximum atomic E-state index is 13.3. The van der Waals surface area contributed by atoms with Crippen LogP contribution < -0.4 is 15.9 Å². The number of hydrogen-bond donors (Lipinski definition) is 1. The monoisotopic (exact) mass is 469 g/mol. The molecule has 0 spiro atoms. The zero-order chi connectivity index (χ0) is 24.4. The van der Waals surface area contributed by atoms with Crippen LogP contribution in [0.25, 0.3) is 11.0 Å². The van der Waals surface area contributed by atoms with Gasteiger partial charge in [-0.2, -0.15) is 0 Å². The average molecular weight is 470 g/mol. The zero-order valence-corrected chi connectivity index (χ0v) is 20.0. The first-order valence-corrected chi connectivity index (χ1v) is 11.8. The van der Waals surface area contributed by atoms with E-state index in [4.69, 9.17) is 4.74 Å². The molecule has 3 amide bonds. The molecule has 5 rings (SSSR count). The third-order valence-corrected chi connectivity index (χ3v) is 7.02. The number of ether oxygens (including phenoxy) is 1. The van der Waals surface area contributed by atoms with Gasteiger partial charge >= 0.3 is 11.8 Å². The predicted octanol–water partition coefficient (Wildman–Crippen LogP) is 1.91. The Balaban J connectivity index is 1.50. The SMILES string of the molecule is Cn1c(=O)n(C2CCC(=O)NC2=O)c2cccc(N3[C@@H]4CC[C@H]3CN(C(=O)OC(C)(C)C)C4)c21. The number of carbonyl (C=O) groups excluding carboxylic acids is 3. The number of benzene rings is 1. The number of hydrogen-bond acceptors (Lipinski definition) is 6. The molecule has 1 unspecified atom stereocenters. The highest BCUT2D eigenvalue weighted by Gasteiger charge is 2.43. The number of carbonyl (C=O) groups is 3. The van der Waals surface area contributed by atoms with Gasteiger partial charge in [-0.15, -0.1) is 0 Å². The number of fused-ring (bicyclic) bond motifs is 3. The Kier molecular flexibility index (Phi) is 5.22. The summed E-state index contributed by atoms with van der Waals surface area (Å²) in [6, 6.07) is 5.27. The molecule has 2 aromatic rings. The van der Waals surface area contributed by atoms with Crippen molar-refractivity contribution in [3.05, 3.63) is 28.7 Å². The van der Waals surface area contributed by atoms with Crippen LogP contribution in [0.15, 0.2) is 23.0 Å². The number of aryl methyl sites for hydroxylation is 1. The van der Waals surface area contributed by atoms with E-state index in [-0.39, 0.29) is 36.2 Å².